The molecule has 1 N–H and O–H groups in total. The zero-order chi connectivity index (χ0) is 28.9. The predicted octanol–water partition coefficient (Wildman–Crippen LogP) is 6.39. The average molecular weight is 548 g/mol. The molecule has 2 aromatic heterocycles. The number of aromatic amines is 1. The molecular weight excluding hydrogens is 518 g/mol. The highest BCUT2D eigenvalue weighted by atomic mass is 16.6. The van der Waals surface area contributed by atoms with E-state index in [0.717, 1.165) is 21.4 Å². The van der Waals surface area contributed by atoms with E-state index in [4.69, 9.17) is 9.47 Å². The Labute approximate surface area is 236 Å². The number of likely N-dealkylation sites (N-methyl/N-ethyl adjacent to an activating group) is 1. The summed E-state index contributed by atoms with van der Waals surface area (Å²) in [6.45, 7) is 5.72. The summed E-state index contributed by atoms with van der Waals surface area (Å²) in [6, 6.07) is 22.7. The van der Waals surface area contributed by atoms with Crippen LogP contribution < -0.4 is 4.74 Å². The lowest BCUT2D eigenvalue weighted by Crippen LogP contribution is -2.27. The van der Waals surface area contributed by atoms with E-state index in [9.17, 15) is 14.4 Å². The van der Waals surface area contributed by atoms with E-state index >= 15 is 0 Å². The Bertz CT molecular complexity index is 1870. The fourth-order valence-electron chi connectivity index (χ4n) is 5.12. The summed E-state index contributed by atoms with van der Waals surface area (Å²) in [5, 5.41) is 1.44. The molecule has 0 atom stereocenters. The Balaban J connectivity index is 1.54. The van der Waals surface area contributed by atoms with E-state index in [-0.39, 0.29) is 11.1 Å². The Morgan fingerprint density at radius 1 is 0.854 bits per heavy atom. The SMILES string of the molecule is CN1C(=O)C(c2c[nH]c3ccccc23)=C(c2cn(C(=O)OC(C)(C)C)c3cc(OCc4ccccc4)ccc23)C1=O. The molecule has 0 bridgehead atoms. The zero-order valence-electron chi connectivity index (χ0n) is 23.2. The van der Waals surface area contributed by atoms with E-state index in [0.29, 0.717) is 34.4 Å². The van der Waals surface area contributed by atoms with Crippen molar-refractivity contribution in [1.29, 1.82) is 0 Å². The molecule has 0 unspecified atom stereocenters. The third-order valence-corrected chi connectivity index (χ3v) is 7.03. The molecule has 1 aliphatic heterocycles. The van der Waals surface area contributed by atoms with Gasteiger partial charge < -0.3 is 14.5 Å². The van der Waals surface area contributed by atoms with E-state index in [1.807, 2.05) is 60.7 Å². The predicted molar refractivity (Wildman–Crippen MR) is 157 cm³/mol. The smallest absolute Gasteiger partial charge is 0.419 e. The van der Waals surface area contributed by atoms with E-state index < -0.39 is 23.5 Å². The van der Waals surface area contributed by atoms with Gasteiger partial charge in [-0.15, -0.1) is 0 Å². The number of H-pyrrole nitrogens is 1. The molecule has 41 heavy (non-hydrogen) atoms. The van der Waals surface area contributed by atoms with Crippen LogP contribution >= 0.6 is 0 Å². The van der Waals surface area contributed by atoms with Gasteiger partial charge >= 0.3 is 6.09 Å². The Kier molecular flexibility index (Phi) is 6.26. The summed E-state index contributed by atoms with van der Waals surface area (Å²) in [7, 11) is 1.47. The molecule has 5 aromatic rings. The summed E-state index contributed by atoms with van der Waals surface area (Å²) in [4.78, 5) is 44.8. The molecule has 2 amide bonds. The first kappa shape index (κ1) is 26.1. The molecule has 1 aliphatic rings. The minimum Gasteiger partial charge on any atom is -0.489 e. The van der Waals surface area contributed by atoms with Crippen molar-refractivity contribution in [2.24, 2.45) is 0 Å². The van der Waals surface area contributed by atoms with Crippen LogP contribution in [0.3, 0.4) is 0 Å². The fourth-order valence-corrected chi connectivity index (χ4v) is 5.12. The van der Waals surface area contributed by atoms with Crippen LogP contribution in [0, 0.1) is 0 Å². The van der Waals surface area contributed by atoms with Crippen LogP contribution in [0.5, 0.6) is 5.75 Å². The number of hydrogen-bond acceptors (Lipinski definition) is 5. The van der Waals surface area contributed by atoms with Gasteiger partial charge in [-0.25, -0.2) is 4.79 Å². The second-order valence-electron chi connectivity index (χ2n) is 11.0. The van der Waals surface area contributed by atoms with E-state index in [2.05, 4.69) is 4.98 Å². The third-order valence-electron chi connectivity index (χ3n) is 7.03. The third kappa shape index (κ3) is 4.67. The van der Waals surface area contributed by atoms with Gasteiger partial charge in [0.1, 0.15) is 18.0 Å². The van der Waals surface area contributed by atoms with Gasteiger partial charge in [-0.3, -0.25) is 19.1 Å². The molecule has 0 saturated heterocycles. The maximum Gasteiger partial charge on any atom is 0.419 e. The van der Waals surface area contributed by atoms with Crippen molar-refractivity contribution < 1.29 is 23.9 Å². The van der Waals surface area contributed by atoms with E-state index in [1.54, 1.807) is 45.3 Å². The van der Waals surface area contributed by atoms with E-state index in [1.165, 1.54) is 11.6 Å². The number of hydrogen-bond donors (Lipinski definition) is 1. The number of carbonyl (C=O) groups excluding carboxylic acids is 3. The number of para-hydroxylation sites is 1. The summed E-state index contributed by atoms with van der Waals surface area (Å²) >= 11 is 0. The number of benzene rings is 3. The number of aromatic nitrogens is 2. The van der Waals surface area contributed by atoms with Crippen LogP contribution in [0.2, 0.25) is 0 Å². The molecule has 206 valence electrons. The molecule has 0 radical (unpaired) electrons. The highest BCUT2D eigenvalue weighted by Gasteiger charge is 2.39. The first-order chi connectivity index (χ1) is 19.6. The van der Waals surface area contributed by atoms with Crippen LogP contribution in [0.25, 0.3) is 33.0 Å². The summed E-state index contributed by atoms with van der Waals surface area (Å²) in [5.41, 5.74) is 3.20. The molecule has 0 fully saturated rings. The minimum absolute atomic E-state index is 0.229. The number of rotatable bonds is 5. The number of fused-ring (bicyclic) bond motifs is 2. The average Bonchev–Trinajstić information content (AvgIpc) is 3.60. The molecule has 0 spiro atoms. The molecule has 0 saturated carbocycles. The maximum absolute atomic E-state index is 13.6. The molecule has 0 aliphatic carbocycles. The van der Waals surface area contributed by atoms with Crippen molar-refractivity contribution >= 4 is 50.9 Å². The topological polar surface area (TPSA) is 93.6 Å². The molecule has 3 heterocycles. The molecule has 8 heteroatoms. The second-order valence-corrected chi connectivity index (χ2v) is 11.0. The van der Waals surface area contributed by atoms with Crippen molar-refractivity contribution in [2.75, 3.05) is 7.05 Å². The van der Waals surface area contributed by atoms with Crippen molar-refractivity contribution in [2.45, 2.75) is 33.0 Å². The van der Waals surface area contributed by atoms with Gasteiger partial charge in [0.15, 0.2) is 0 Å². The lowest BCUT2D eigenvalue weighted by atomic mass is 9.95. The van der Waals surface area contributed by atoms with Crippen molar-refractivity contribution in [1.82, 2.24) is 14.5 Å². The van der Waals surface area contributed by atoms with Crippen LogP contribution in [0.1, 0.15) is 37.5 Å². The van der Waals surface area contributed by atoms with Crippen LogP contribution in [-0.2, 0) is 20.9 Å². The normalized spacial score (nSPS) is 14.0. The van der Waals surface area contributed by atoms with Crippen molar-refractivity contribution in [3.63, 3.8) is 0 Å². The van der Waals surface area contributed by atoms with Crippen molar-refractivity contribution in [3.05, 3.63) is 102 Å². The Morgan fingerprint density at radius 2 is 1.54 bits per heavy atom. The number of ether oxygens (including phenoxy) is 2. The lowest BCUT2D eigenvalue weighted by Gasteiger charge is -2.19. The first-order valence-electron chi connectivity index (χ1n) is 13.3. The monoisotopic (exact) mass is 547 g/mol. The first-order valence-corrected chi connectivity index (χ1v) is 13.3. The highest BCUT2D eigenvalue weighted by Crippen LogP contribution is 2.41. The molecular formula is C33H29N3O5. The van der Waals surface area contributed by atoms with Crippen LogP contribution in [0.15, 0.2) is 85.2 Å². The van der Waals surface area contributed by atoms with Gasteiger partial charge in [0, 0.05) is 52.9 Å². The molecule has 8 nitrogen and oxygen atoms in total. The fraction of sp³-hybridized carbons (Fsp3) is 0.182. The van der Waals surface area contributed by atoms with Crippen LogP contribution in [-0.4, -0.2) is 45.0 Å². The van der Waals surface area contributed by atoms with Gasteiger partial charge in [-0.05, 0) is 44.5 Å². The van der Waals surface area contributed by atoms with Crippen LogP contribution in [0.4, 0.5) is 4.79 Å². The minimum atomic E-state index is -0.747. The second kappa shape index (κ2) is 9.82. The Hall–Kier alpha value is -5.11. The van der Waals surface area contributed by atoms with Gasteiger partial charge in [-0.2, -0.15) is 0 Å². The number of nitrogens with one attached hydrogen (secondary N) is 1. The lowest BCUT2D eigenvalue weighted by molar-refractivity contribution is -0.134. The molecule has 3 aromatic carbocycles. The Morgan fingerprint density at radius 3 is 2.27 bits per heavy atom. The standard InChI is InChI=1S/C33H29N3O5/c1-33(2,3)41-32(39)36-18-25(23-15-14-21(16-27(23)36)40-19-20-10-6-5-7-11-20)29-28(30(37)35(4)31(29)38)24-17-34-26-13-9-8-12-22(24)26/h5-18,34H,19H2,1-4H3. The van der Waals surface area contributed by atoms with Crippen molar-refractivity contribution in [3.8, 4) is 5.75 Å². The number of carbonyl (C=O) groups is 3. The van der Waals surface area contributed by atoms with Gasteiger partial charge in [-0.1, -0.05) is 48.5 Å². The number of imide groups is 1. The summed E-state index contributed by atoms with van der Waals surface area (Å²) in [5.74, 6) is -0.300. The highest BCUT2D eigenvalue weighted by molar-refractivity contribution is 6.50. The number of nitrogens with zero attached hydrogens (tertiary/aromatic N) is 2. The summed E-state index contributed by atoms with van der Waals surface area (Å²) < 4.78 is 13.1. The number of amides is 2. The molecule has 6 rings (SSSR count). The maximum atomic E-state index is 13.6. The van der Waals surface area contributed by atoms with Gasteiger partial charge in [0.05, 0.1) is 16.7 Å². The summed E-state index contributed by atoms with van der Waals surface area (Å²) in [6.07, 6.45) is 2.72. The largest absolute Gasteiger partial charge is 0.489 e. The quantitative estimate of drug-likeness (QED) is 0.257. The zero-order valence-corrected chi connectivity index (χ0v) is 23.2. The van der Waals surface area contributed by atoms with Gasteiger partial charge in [0.25, 0.3) is 11.8 Å². The van der Waals surface area contributed by atoms with Gasteiger partial charge in [0.2, 0.25) is 0 Å².